The molecule has 4 nitrogen and oxygen atoms in total. The summed E-state index contributed by atoms with van der Waals surface area (Å²) in [6.07, 6.45) is 0. The average Bonchev–Trinajstić information content (AvgIpc) is 2.95. The van der Waals surface area contributed by atoms with Crippen LogP contribution in [0.4, 0.5) is 0 Å². The number of nitrogens with zero attached hydrogens (tertiary/aromatic N) is 1. The van der Waals surface area contributed by atoms with Crippen molar-refractivity contribution in [3.63, 3.8) is 0 Å². The Balaban J connectivity index is 2.10. The molecule has 1 N–H and O–H groups in total. The largest absolute Gasteiger partial charge is 0.250 e. The summed E-state index contributed by atoms with van der Waals surface area (Å²) in [6.45, 7) is 0.248. The number of hydrogen-bond acceptors (Lipinski definition) is 5. The Morgan fingerprint density at radius 2 is 2.06 bits per heavy atom. The Hall–Kier alpha value is -0.720. The molecule has 0 atom stereocenters. The predicted molar refractivity (Wildman–Crippen MR) is 75.1 cm³/mol. The molecule has 0 saturated heterocycles. The summed E-state index contributed by atoms with van der Waals surface area (Å²) in [5.41, 5.74) is 0. The molecule has 8 heteroatoms. The first-order chi connectivity index (χ1) is 8.51. The van der Waals surface area contributed by atoms with Gasteiger partial charge in [-0.3, -0.25) is 0 Å². The molecule has 0 radical (unpaired) electrons. The molecule has 0 saturated carbocycles. The van der Waals surface area contributed by atoms with Crippen molar-refractivity contribution in [2.24, 2.45) is 0 Å². The molecule has 2 rings (SSSR count). The zero-order valence-electron chi connectivity index (χ0n) is 8.88. The smallest absolute Gasteiger partial charge is 0.206 e. The van der Waals surface area contributed by atoms with Crippen LogP contribution in [0.25, 0.3) is 0 Å². The van der Waals surface area contributed by atoms with Crippen LogP contribution in [0.1, 0.15) is 9.75 Å². The van der Waals surface area contributed by atoms with Crippen LogP contribution in [0.15, 0.2) is 32.3 Å². The molecule has 2 aromatic rings. The lowest BCUT2D eigenvalue weighted by Gasteiger charge is -2.02. The molecule has 0 bridgehead atoms. The molecule has 0 amide bonds. The van der Waals surface area contributed by atoms with Gasteiger partial charge in [-0.25, -0.2) is 13.1 Å². The van der Waals surface area contributed by atoms with Gasteiger partial charge >= 0.3 is 0 Å². The van der Waals surface area contributed by atoms with Gasteiger partial charge in [-0.15, -0.1) is 22.7 Å². The number of halogens is 1. The van der Waals surface area contributed by atoms with E-state index in [0.29, 0.717) is 4.88 Å². The number of hydrogen-bond donors (Lipinski definition) is 1. The second kappa shape index (κ2) is 5.50. The average molecular weight is 363 g/mol. The molecular weight excluding hydrogens is 356 g/mol. The van der Waals surface area contributed by atoms with Gasteiger partial charge in [0.05, 0.1) is 3.79 Å². The van der Waals surface area contributed by atoms with Crippen LogP contribution >= 0.6 is 38.6 Å². The van der Waals surface area contributed by atoms with Crippen LogP contribution in [-0.2, 0) is 16.6 Å². The highest BCUT2D eigenvalue weighted by Crippen LogP contribution is 2.24. The topological polar surface area (TPSA) is 70.0 Å². The third-order valence-electron chi connectivity index (χ3n) is 2.02. The molecular formula is C10H7BrN2O2S3. The van der Waals surface area contributed by atoms with Gasteiger partial charge in [-0.05, 0) is 40.2 Å². The molecule has 2 aromatic heterocycles. The van der Waals surface area contributed by atoms with Gasteiger partial charge in [0.15, 0.2) is 0 Å². The first kappa shape index (κ1) is 13.7. The highest BCUT2D eigenvalue weighted by Gasteiger charge is 2.16. The number of nitriles is 1. The highest BCUT2D eigenvalue weighted by atomic mass is 79.9. The van der Waals surface area contributed by atoms with Crippen LogP contribution in [0.5, 0.6) is 0 Å². The summed E-state index contributed by atoms with van der Waals surface area (Å²) in [7, 11) is -3.53. The third-order valence-corrected chi connectivity index (χ3v) is 6.53. The van der Waals surface area contributed by atoms with Crippen LogP contribution in [0.2, 0.25) is 0 Å². The van der Waals surface area contributed by atoms with E-state index in [1.54, 1.807) is 0 Å². The Bertz CT molecular complexity index is 697. The molecule has 0 aliphatic heterocycles. The van der Waals surface area contributed by atoms with Gasteiger partial charge in [0.1, 0.15) is 15.2 Å². The molecule has 0 unspecified atom stereocenters. The van der Waals surface area contributed by atoms with Crippen molar-refractivity contribution >= 4 is 48.6 Å². The van der Waals surface area contributed by atoms with E-state index in [4.69, 9.17) is 5.26 Å². The normalized spacial score (nSPS) is 11.3. The van der Waals surface area contributed by atoms with E-state index in [1.165, 1.54) is 23.5 Å². The highest BCUT2D eigenvalue weighted by molar-refractivity contribution is 9.11. The molecule has 18 heavy (non-hydrogen) atoms. The molecule has 0 spiro atoms. The van der Waals surface area contributed by atoms with Crippen molar-refractivity contribution in [1.29, 1.82) is 5.26 Å². The van der Waals surface area contributed by atoms with E-state index < -0.39 is 10.0 Å². The van der Waals surface area contributed by atoms with E-state index in [0.717, 1.165) is 20.0 Å². The van der Waals surface area contributed by atoms with E-state index in [2.05, 4.69) is 20.7 Å². The number of nitrogens with one attached hydrogen (secondary N) is 1. The second-order valence-corrected chi connectivity index (χ2v) is 8.89. The zero-order chi connectivity index (χ0) is 13.2. The quantitative estimate of drug-likeness (QED) is 0.908. The van der Waals surface area contributed by atoms with Gasteiger partial charge in [-0.1, -0.05) is 0 Å². The van der Waals surface area contributed by atoms with Crippen molar-refractivity contribution in [3.8, 4) is 6.07 Å². The third kappa shape index (κ3) is 3.18. The Morgan fingerprint density at radius 1 is 1.28 bits per heavy atom. The van der Waals surface area contributed by atoms with Crippen LogP contribution in [-0.4, -0.2) is 8.42 Å². The van der Waals surface area contributed by atoms with Crippen LogP contribution < -0.4 is 4.72 Å². The first-order valence-corrected chi connectivity index (χ1v) is 8.66. The maximum atomic E-state index is 11.9. The van der Waals surface area contributed by atoms with Gasteiger partial charge in [0, 0.05) is 11.4 Å². The van der Waals surface area contributed by atoms with E-state index in [-0.39, 0.29) is 10.8 Å². The maximum absolute atomic E-state index is 11.9. The number of thiophene rings is 2. The van der Waals surface area contributed by atoms with Crippen molar-refractivity contribution in [2.75, 3.05) is 0 Å². The minimum Gasteiger partial charge on any atom is -0.206 e. The van der Waals surface area contributed by atoms with Gasteiger partial charge in [0.25, 0.3) is 0 Å². The molecule has 0 aliphatic rings. The summed E-state index contributed by atoms with van der Waals surface area (Å²) < 4.78 is 27.5. The van der Waals surface area contributed by atoms with Crippen LogP contribution in [0.3, 0.4) is 0 Å². The molecule has 0 fully saturated rings. The van der Waals surface area contributed by atoms with Crippen molar-refractivity contribution < 1.29 is 8.42 Å². The Labute approximate surface area is 121 Å². The minimum atomic E-state index is -3.53. The summed E-state index contributed by atoms with van der Waals surface area (Å²) in [5, 5.41) is 8.67. The van der Waals surface area contributed by atoms with E-state index in [1.807, 2.05) is 18.2 Å². The summed E-state index contributed by atoms with van der Waals surface area (Å²) in [5.74, 6) is 0. The standard InChI is InChI=1S/C10H7BrN2O2S3/c11-9-3-1-8(16-9)6-13-18(14,15)10-4-2-7(5-12)17-10/h1-4,13H,6H2. The van der Waals surface area contributed by atoms with Crippen molar-refractivity contribution in [2.45, 2.75) is 10.8 Å². The fourth-order valence-corrected chi connectivity index (χ4v) is 4.88. The maximum Gasteiger partial charge on any atom is 0.250 e. The fourth-order valence-electron chi connectivity index (χ4n) is 1.21. The van der Waals surface area contributed by atoms with Gasteiger partial charge < -0.3 is 0 Å². The lowest BCUT2D eigenvalue weighted by Crippen LogP contribution is -2.21. The van der Waals surface area contributed by atoms with Gasteiger partial charge in [-0.2, -0.15) is 5.26 Å². The fraction of sp³-hybridized carbons (Fsp3) is 0.100. The van der Waals surface area contributed by atoms with Crippen molar-refractivity contribution in [3.05, 3.63) is 37.8 Å². The van der Waals surface area contributed by atoms with Gasteiger partial charge in [0.2, 0.25) is 10.0 Å². The Morgan fingerprint density at radius 3 is 2.61 bits per heavy atom. The van der Waals surface area contributed by atoms with Crippen molar-refractivity contribution in [1.82, 2.24) is 4.72 Å². The lowest BCUT2D eigenvalue weighted by molar-refractivity contribution is 0.584. The summed E-state index contributed by atoms with van der Waals surface area (Å²) in [4.78, 5) is 1.30. The molecule has 0 aromatic carbocycles. The SMILES string of the molecule is N#Cc1ccc(S(=O)(=O)NCc2ccc(Br)s2)s1. The monoisotopic (exact) mass is 362 g/mol. The van der Waals surface area contributed by atoms with E-state index >= 15 is 0 Å². The number of sulfonamides is 1. The molecule has 94 valence electrons. The number of rotatable bonds is 4. The first-order valence-electron chi connectivity index (χ1n) is 4.75. The lowest BCUT2D eigenvalue weighted by atomic mass is 10.5. The van der Waals surface area contributed by atoms with Crippen LogP contribution in [0, 0.1) is 11.3 Å². The summed E-state index contributed by atoms with van der Waals surface area (Å²) >= 11 is 5.75. The molecule has 2 heterocycles. The zero-order valence-corrected chi connectivity index (χ0v) is 12.9. The minimum absolute atomic E-state index is 0.162. The second-order valence-electron chi connectivity index (χ2n) is 3.26. The van der Waals surface area contributed by atoms with E-state index in [9.17, 15) is 8.42 Å². The molecule has 0 aliphatic carbocycles. The Kier molecular flexibility index (Phi) is 4.19. The predicted octanol–water partition coefficient (Wildman–Crippen LogP) is 2.92. The summed E-state index contributed by atoms with van der Waals surface area (Å²) in [6, 6.07) is 8.58.